The SMILES string of the molecule is CCNC1CCCc2c(OCCOCC)cccc21. The zero-order valence-electron chi connectivity index (χ0n) is 12.1. The third kappa shape index (κ3) is 3.71. The molecule has 1 aromatic rings. The highest BCUT2D eigenvalue weighted by molar-refractivity contribution is 5.43. The fourth-order valence-electron chi connectivity index (χ4n) is 2.76. The van der Waals surface area contributed by atoms with Crippen molar-refractivity contribution >= 4 is 0 Å². The molecule has 1 aliphatic carbocycles. The molecule has 2 rings (SSSR count). The van der Waals surface area contributed by atoms with E-state index in [1.54, 1.807) is 0 Å². The number of benzene rings is 1. The zero-order chi connectivity index (χ0) is 13.5. The van der Waals surface area contributed by atoms with Gasteiger partial charge in [-0.3, -0.25) is 0 Å². The summed E-state index contributed by atoms with van der Waals surface area (Å²) >= 11 is 0. The van der Waals surface area contributed by atoms with Crippen molar-refractivity contribution in [3.8, 4) is 5.75 Å². The molecule has 0 bridgehead atoms. The lowest BCUT2D eigenvalue weighted by molar-refractivity contribution is 0.109. The van der Waals surface area contributed by atoms with Crippen LogP contribution in [-0.4, -0.2) is 26.4 Å². The number of fused-ring (bicyclic) bond motifs is 1. The molecule has 3 nitrogen and oxygen atoms in total. The summed E-state index contributed by atoms with van der Waals surface area (Å²) in [6.07, 6.45) is 3.59. The first-order valence-electron chi connectivity index (χ1n) is 7.42. The van der Waals surface area contributed by atoms with Gasteiger partial charge in [0.05, 0.1) is 6.61 Å². The van der Waals surface area contributed by atoms with Crippen LogP contribution in [0.5, 0.6) is 5.75 Å². The van der Waals surface area contributed by atoms with Crippen molar-refractivity contribution in [2.24, 2.45) is 0 Å². The molecule has 0 saturated carbocycles. The number of rotatable bonds is 7. The molecule has 106 valence electrons. The minimum absolute atomic E-state index is 0.490. The fraction of sp³-hybridized carbons (Fsp3) is 0.625. The van der Waals surface area contributed by atoms with E-state index in [0.717, 1.165) is 25.3 Å². The first-order chi connectivity index (χ1) is 9.36. The highest BCUT2D eigenvalue weighted by atomic mass is 16.5. The van der Waals surface area contributed by atoms with Crippen LogP contribution >= 0.6 is 0 Å². The third-order valence-corrected chi connectivity index (χ3v) is 3.60. The van der Waals surface area contributed by atoms with E-state index in [-0.39, 0.29) is 0 Å². The van der Waals surface area contributed by atoms with E-state index in [9.17, 15) is 0 Å². The zero-order valence-corrected chi connectivity index (χ0v) is 12.1. The molecule has 0 heterocycles. The van der Waals surface area contributed by atoms with Crippen LogP contribution in [-0.2, 0) is 11.2 Å². The average molecular weight is 263 g/mol. The Morgan fingerprint density at radius 2 is 2.16 bits per heavy atom. The van der Waals surface area contributed by atoms with Gasteiger partial charge >= 0.3 is 0 Å². The van der Waals surface area contributed by atoms with E-state index in [4.69, 9.17) is 9.47 Å². The number of hydrogen-bond acceptors (Lipinski definition) is 3. The molecule has 0 saturated heterocycles. The quantitative estimate of drug-likeness (QED) is 0.767. The molecule has 1 unspecified atom stereocenters. The predicted molar refractivity (Wildman–Crippen MR) is 77.8 cm³/mol. The summed E-state index contributed by atoms with van der Waals surface area (Å²) in [5, 5.41) is 3.56. The van der Waals surface area contributed by atoms with Gasteiger partial charge in [0.2, 0.25) is 0 Å². The van der Waals surface area contributed by atoms with E-state index in [0.29, 0.717) is 19.3 Å². The fourth-order valence-corrected chi connectivity index (χ4v) is 2.76. The van der Waals surface area contributed by atoms with Gasteiger partial charge in [-0.05, 0) is 49.9 Å². The van der Waals surface area contributed by atoms with Crippen LogP contribution in [0.1, 0.15) is 43.9 Å². The summed E-state index contributed by atoms with van der Waals surface area (Å²) in [5.41, 5.74) is 2.80. The van der Waals surface area contributed by atoms with E-state index < -0.39 is 0 Å². The van der Waals surface area contributed by atoms with Gasteiger partial charge in [0.15, 0.2) is 0 Å². The number of hydrogen-bond donors (Lipinski definition) is 1. The Bertz CT molecular complexity index is 392. The van der Waals surface area contributed by atoms with Crippen LogP contribution in [0.3, 0.4) is 0 Å². The maximum Gasteiger partial charge on any atom is 0.122 e. The maximum atomic E-state index is 5.88. The van der Waals surface area contributed by atoms with Crippen molar-refractivity contribution in [1.29, 1.82) is 0 Å². The van der Waals surface area contributed by atoms with Crippen molar-refractivity contribution in [1.82, 2.24) is 5.32 Å². The Balaban J connectivity index is 2.06. The van der Waals surface area contributed by atoms with E-state index in [1.165, 1.54) is 24.0 Å². The molecule has 19 heavy (non-hydrogen) atoms. The van der Waals surface area contributed by atoms with Crippen LogP contribution in [0.2, 0.25) is 0 Å². The van der Waals surface area contributed by atoms with E-state index in [2.05, 4.69) is 30.4 Å². The van der Waals surface area contributed by atoms with Gasteiger partial charge in [-0.15, -0.1) is 0 Å². The van der Waals surface area contributed by atoms with Gasteiger partial charge in [-0.25, -0.2) is 0 Å². The molecule has 0 aliphatic heterocycles. The Hall–Kier alpha value is -1.06. The molecule has 1 N–H and O–H groups in total. The predicted octanol–water partition coefficient (Wildman–Crippen LogP) is 3.09. The summed E-state index contributed by atoms with van der Waals surface area (Å²) in [5.74, 6) is 1.04. The van der Waals surface area contributed by atoms with Gasteiger partial charge < -0.3 is 14.8 Å². The van der Waals surface area contributed by atoms with Gasteiger partial charge in [0, 0.05) is 12.6 Å². The molecule has 1 aromatic carbocycles. The van der Waals surface area contributed by atoms with Crippen LogP contribution in [0.25, 0.3) is 0 Å². The maximum absolute atomic E-state index is 5.88. The van der Waals surface area contributed by atoms with Crippen molar-refractivity contribution in [2.45, 2.75) is 39.2 Å². The molecular weight excluding hydrogens is 238 g/mol. The normalized spacial score (nSPS) is 18.1. The minimum Gasteiger partial charge on any atom is -0.491 e. The lowest BCUT2D eigenvalue weighted by atomic mass is 9.87. The molecule has 3 heteroatoms. The summed E-state index contributed by atoms with van der Waals surface area (Å²) < 4.78 is 11.2. The second kappa shape index (κ2) is 7.51. The molecule has 1 aliphatic rings. The summed E-state index contributed by atoms with van der Waals surface area (Å²) in [6.45, 7) is 7.23. The van der Waals surface area contributed by atoms with Crippen LogP contribution in [0.4, 0.5) is 0 Å². The van der Waals surface area contributed by atoms with E-state index >= 15 is 0 Å². The first-order valence-corrected chi connectivity index (χ1v) is 7.42. The molecular formula is C16H25NO2. The second-order valence-electron chi connectivity index (χ2n) is 4.87. The molecule has 0 amide bonds. The summed E-state index contributed by atoms with van der Waals surface area (Å²) in [4.78, 5) is 0. The Labute approximate surface area is 116 Å². The third-order valence-electron chi connectivity index (χ3n) is 3.60. The number of nitrogens with one attached hydrogen (secondary N) is 1. The van der Waals surface area contributed by atoms with Crippen LogP contribution in [0, 0.1) is 0 Å². The Morgan fingerprint density at radius 1 is 1.26 bits per heavy atom. The summed E-state index contributed by atoms with van der Waals surface area (Å²) in [6, 6.07) is 6.91. The smallest absolute Gasteiger partial charge is 0.122 e. The van der Waals surface area contributed by atoms with Crippen molar-refractivity contribution in [3.63, 3.8) is 0 Å². The summed E-state index contributed by atoms with van der Waals surface area (Å²) in [7, 11) is 0. The lowest BCUT2D eigenvalue weighted by Gasteiger charge is -2.27. The monoisotopic (exact) mass is 263 g/mol. The largest absolute Gasteiger partial charge is 0.491 e. The first kappa shape index (κ1) is 14.4. The van der Waals surface area contributed by atoms with Crippen molar-refractivity contribution in [3.05, 3.63) is 29.3 Å². The van der Waals surface area contributed by atoms with Crippen molar-refractivity contribution in [2.75, 3.05) is 26.4 Å². The molecule has 0 aromatic heterocycles. The number of ether oxygens (including phenoxy) is 2. The lowest BCUT2D eigenvalue weighted by Crippen LogP contribution is -2.25. The average Bonchev–Trinajstić information content (AvgIpc) is 2.44. The highest BCUT2D eigenvalue weighted by Crippen LogP contribution is 2.35. The van der Waals surface area contributed by atoms with Crippen LogP contribution < -0.4 is 10.1 Å². The van der Waals surface area contributed by atoms with Crippen LogP contribution in [0.15, 0.2) is 18.2 Å². The van der Waals surface area contributed by atoms with Gasteiger partial charge in [-0.1, -0.05) is 19.1 Å². The minimum atomic E-state index is 0.490. The van der Waals surface area contributed by atoms with Crippen molar-refractivity contribution < 1.29 is 9.47 Å². The highest BCUT2D eigenvalue weighted by Gasteiger charge is 2.21. The van der Waals surface area contributed by atoms with Gasteiger partial charge in [-0.2, -0.15) is 0 Å². The van der Waals surface area contributed by atoms with Gasteiger partial charge in [0.25, 0.3) is 0 Å². The van der Waals surface area contributed by atoms with Gasteiger partial charge in [0.1, 0.15) is 12.4 Å². The Kier molecular flexibility index (Phi) is 5.67. The molecule has 0 radical (unpaired) electrons. The molecule has 1 atom stereocenters. The van der Waals surface area contributed by atoms with E-state index in [1.807, 2.05) is 6.92 Å². The second-order valence-corrected chi connectivity index (χ2v) is 4.87. The Morgan fingerprint density at radius 3 is 2.95 bits per heavy atom. The standard InChI is InChI=1S/C16H25NO2/c1-3-17-15-9-5-8-14-13(15)7-6-10-16(14)19-12-11-18-4-2/h6-7,10,15,17H,3-5,8-9,11-12H2,1-2H3. The topological polar surface area (TPSA) is 30.5 Å². The molecule has 0 fully saturated rings. The molecule has 0 spiro atoms.